The van der Waals surface area contributed by atoms with Crippen LogP contribution >= 0.6 is 22.9 Å². The van der Waals surface area contributed by atoms with E-state index in [2.05, 4.69) is 22.9 Å². The Bertz CT molecular complexity index is 169. The number of aliphatic hydroxyl groups is 1. The Balaban J connectivity index is 2.35. The third-order valence-electron chi connectivity index (χ3n) is 2.46. The first kappa shape index (κ1) is 11.2. The number of hydrogen-bond acceptors (Lipinski definition) is 2. The maximum atomic E-state index is 11.4. The summed E-state index contributed by atoms with van der Waals surface area (Å²) in [5.41, 5.74) is 0. The minimum absolute atomic E-state index is 0.0367. The van der Waals surface area contributed by atoms with Gasteiger partial charge in [-0.15, -0.1) is 0 Å². The average molecular weight is 297 g/mol. The molecule has 4 heteroatoms. The summed E-state index contributed by atoms with van der Waals surface area (Å²) in [7, 11) is 0. The van der Waals surface area contributed by atoms with E-state index in [1.54, 1.807) is 3.11 Å². The topological polar surface area (TPSA) is 40.5 Å². The molecule has 0 heterocycles. The van der Waals surface area contributed by atoms with Crippen LogP contribution in [0.5, 0.6) is 0 Å². The fourth-order valence-electron chi connectivity index (χ4n) is 1.71. The van der Waals surface area contributed by atoms with Gasteiger partial charge in [-0.25, -0.2) is 0 Å². The Morgan fingerprint density at radius 2 is 2.00 bits per heavy atom. The molecule has 1 aliphatic rings. The first-order valence-corrected chi connectivity index (χ1v) is 5.81. The fraction of sp³-hybridized carbons (Fsp3) is 0.889. The molecule has 0 aliphatic heterocycles. The summed E-state index contributed by atoms with van der Waals surface area (Å²) in [6, 6.07) is 0.411. The van der Waals surface area contributed by atoms with E-state index in [1.807, 2.05) is 0 Å². The second-order valence-electron chi connectivity index (χ2n) is 3.47. The Hall–Kier alpha value is 0.160. The van der Waals surface area contributed by atoms with Gasteiger partial charge in [0.2, 0.25) is 5.91 Å². The van der Waals surface area contributed by atoms with E-state index in [0.717, 1.165) is 12.8 Å². The standard InChI is InChI=1S/C9H16INO2/c10-11(9(13)6-7-12)8-4-2-1-3-5-8/h8,12H,1-7H2. The number of rotatable bonds is 3. The Morgan fingerprint density at radius 1 is 1.38 bits per heavy atom. The quantitative estimate of drug-likeness (QED) is 0.638. The van der Waals surface area contributed by atoms with Gasteiger partial charge < -0.3 is 5.11 Å². The van der Waals surface area contributed by atoms with Gasteiger partial charge in [-0.2, -0.15) is 0 Å². The molecule has 0 aromatic rings. The maximum Gasteiger partial charge on any atom is 0.233 e. The van der Waals surface area contributed by atoms with Crippen molar-refractivity contribution in [1.29, 1.82) is 0 Å². The highest BCUT2D eigenvalue weighted by atomic mass is 127. The Morgan fingerprint density at radius 3 is 2.54 bits per heavy atom. The first-order valence-electron chi connectivity index (χ1n) is 4.84. The molecular formula is C9H16INO2. The van der Waals surface area contributed by atoms with Crippen LogP contribution in [0.4, 0.5) is 0 Å². The number of carbonyl (C=O) groups is 1. The Labute approximate surface area is 93.0 Å². The molecule has 0 aromatic carbocycles. The SMILES string of the molecule is O=C(CCO)N(I)C1CCCCC1. The van der Waals surface area contributed by atoms with Crippen molar-refractivity contribution in [2.75, 3.05) is 6.61 Å². The highest BCUT2D eigenvalue weighted by molar-refractivity contribution is 14.1. The summed E-state index contributed by atoms with van der Waals surface area (Å²) in [5.74, 6) is 0.0648. The van der Waals surface area contributed by atoms with E-state index in [-0.39, 0.29) is 18.9 Å². The van der Waals surface area contributed by atoms with E-state index >= 15 is 0 Å². The largest absolute Gasteiger partial charge is 0.396 e. The zero-order valence-corrected chi connectivity index (χ0v) is 9.87. The molecule has 0 atom stereocenters. The van der Waals surface area contributed by atoms with E-state index in [1.165, 1.54) is 19.3 Å². The highest BCUT2D eigenvalue weighted by Gasteiger charge is 2.22. The summed E-state index contributed by atoms with van der Waals surface area (Å²) in [5, 5.41) is 8.63. The van der Waals surface area contributed by atoms with Crippen LogP contribution in [0.15, 0.2) is 0 Å². The van der Waals surface area contributed by atoms with Crippen molar-refractivity contribution >= 4 is 28.8 Å². The predicted molar refractivity (Wildman–Crippen MR) is 59.4 cm³/mol. The molecule has 13 heavy (non-hydrogen) atoms. The van der Waals surface area contributed by atoms with Gasteiger partial charge in [-0.1, -0.05) is 19.3 Å². The third-order valence-corrected chi connectivity index (χ3v) is 3.79. The van der Waals surface area contributed by atoms with Crippen LogP contribution < -0.4 is 0 Å². The van der Waals surface area contributed by atoms with E-state index in [9.17, 15) is 4.79 Å². The molecule has 76 valence electrons. The van der Waals surface area contributed by atoms with E-state index in [0.29, 0.717) is 6.04 Å². The summed E-state index contributed by atoms with van der Waals surface area (Å²) < 4.78 is 1.78. The van der Waals surface area contributed by atoms with Gasteiger partial charge in [0.15, 0.2) is 0 Å². The predicted octanol–water partition coefficient (Wildman–Crippen LogP) is 1.88. The third kappa shape index (κ3) is 3.42. The van der Waals surface area contributed by atoms with Gasteiger partial charge in [0.25, 0.3) is 0 Å². The van der Waals surface area contributed by atoms with Crippen molar-refractivity contribution < 1.29 is 9.90 Å². The van der Waals surface area contributed by atoms with Gasteiger partial charge >= 0.3 is 0 Å². The van der Waals surface area contributed by atoms with Crippen LogP contribution in [-0.4, -0.2) is 26.8 Å². The van der Waals surface area contributed by atoms with Crippen LogP contribution in [0.2, 0.25) is 0 Å². The zero-order valence-electron chi connectivity index (χ0n) is 7.71. The number of amides is 1. The molecule has 0 saturated heterocycles. The van der Waals surface area contributed by atoms with Gasteiger partial charge in [0.1, 0.15) is 0 Å². The first-order chi connectivity index (χ1) is 6.25. The second-order valence-corrected chi connectivity index (χ2v) is 4.51. The maximum absolute atomic E-state index is 11.4. The lowest BCUT2D eigenvalue weighted by atomic mass is 9.95. The van der Waals surface area contributed by atoms with E-state index < -0.39 is 0 Å². The van der Waals surface area contributed by atoms with Crippen molar-refractivity contribution in [1.82, 2.24) is 3.11 Å². The summed E-state index contributed by atoms with van der Waals surface area (Å²) >= 11 is 2.08. The van der Waals surface area contributed by atoms with E-state index in [4.69, 9.17) is 5.11 Å². The van der Waals surface area contributed by atoms with Crippen molar-refractivity contribution in [2.24, 2.45) is 0 Å². The molecule has 0 unspecified atom stereocenters. The lowest BCUT2D eigenvalue weighted by molar-refractivity contribution is -0.127. The van der Waals surface area contributed by atoms with Crippen molar-refractivity contribution in [3.63, 3.8) is 0 Å². The second kappa shape index (κ2) is 5.80. The van der Waals surface area contributed by atoms with Crippen molar-refractivity contribution in [3.8, 4) is 0 Å². The van der Waals surface area contributed by atoms with Crippen LogP contribution in [0.3, 0.4) is 0 Å². The number of halogens is 1. The molecule has 0 bridgehead atoms. The number of hydrogen-bond donors (Lipinski definition) is 1. The van der Waals surface area contributed by atoms with Crippen LogP contribution in [0.25, 0.3) is 0 Å². The smallest absolute Gasteiger partial charge is 0.233 e. The van der Waals surface area contributed by atoms with Gasteiger partial charge in [-0.05, 0) is 12.8 Å². The molecule has 1 saturated carbocycles. The molecule has 1 N–H and O–H groups in total. The molecular weight excluding hydrogens is 281 g/mol. The minimum Gasteiger partial charge on any atom is -0.396 e. The minimum atomic E-state index is -0.0367. The number of carbonyl (C=O) groups excluding carboxylic acids is 1. The summed E-state index contributed by atoms with van der Waals surface area (Å²) in [4.78, 5) is 11.4. The molecule has 1 aliphatic carbocycles. The zero-order chi connectivity index (χ0) is 9.68. The average Bonchev–Trinajstić information content (AvgIpc) is 2.18. The van der Waals surface area contributed by atoms with Crippen LogP contribution in [-0.2, 0) is 4.79 Å². The van der Waals surface area contributed by atoms with Crippen molar-refractivity contribution in [3.05, 3.63) is 0 Å². The number of aliphatic hydroxyl groups excluding tert-OH is 1. The van der Waals surface area contributed by atoms with Gasteiger partial charge in [0, 0.05) is 6.04 Å². The number of nitrogens with zero attached hydrogens (tertiary/aromatic N) is 1. The lowest BCUT2D eigenvalue weighted by Crippen LogP contribution is -2.34. The monoisotopic (exact) mass is 297 g/mol. The molecule has 1 fully saturated rings. The van der Waals surface area contributed by atoms with Crippen LogP contribution in [0.1, 0.15) is 38.5 Å². The summed E-state index contributed by atoms with van der Waals surface area (Å²) in [6.07, 6.45) is 6.28. The fourth-order valence-corrected chi connectivity index (χ4v) is 2.51. The molecule has 0 radical (unpaired) electrons. The molecule has 0 aromatic heterocycles. The molecule has 1 amide bonds. The van der Waals surface area contributed by atoms with Crippen molar-refractivity contribution in [2.45, 2.75) is 44.6 Å². The summed E-state index contributed by atoms with van der Waals surface area (Å²) in [6.45, 7) is -0.0367. The molecule has 0 spiro atoms. The van der Waals surface area contributed by atoms with Gasteiger partial charge in [-0.3, -0.25) is 7.91 Å². The normalized spacial score (nSPS) is 18.6. The molecule has 3 nitrogen and oxygen atoms in total. The molecule has 1 rings (SSSR count). The highest BCUT2D eigenvalue weighted by Crippen LogP contribution is 2.25. The lowest BCUT2D eigenvalue weighted by Gasteiger charge is -2.29. The van der Waals surface area contributed by atoms with Gasteiger partial charge in [0.05, 0.1) is 35.9 Å². The van der Waals surface area contributed by atoms with Crippen LogP contribution in [0, 0.1) is 0 Å². The Kier molecular flexibility index (Phi) is 5.01.